The molecule has 0 aliphatic carbocycles. The lowest BCUT2D eigenvalue weighted by Gasteiger charge is -2.13. The van der Waals surface area contributed by atoms with Crippen molar-refractivity contribution in [2.75, 3.05) is 0 Å². The molecule has 1 aromatic heterocycles. The highest BCUT2D eigenvalue weighted by Gasteiger charge is 2.12. The predicted molar refractivity (Wildman–Crippen MR) is 127 cm³/mol. The maximum absolute atomic E-state index is 12.3. The zero-order valence-electron chi connectivity index (χ0n) is 19.2. The molecule has 0 unspecified atom stereocenters. The molecule has 0 aliphatic heterocycles. The van der Waals surface area contributed by atoms with Crippen molar-refractivity contribution >= 4 is 0 Å². The van der Waals surface area contributed by atoms with E-state index < -0.39 is 0 Å². The molecule has 0 saturated heterocycles. The lowest BCUT2D eigenvalue weighted by Crippen LogP contribution is -2.15. The monoisotopic (exact) mass is 422 g/mol. The Kier molecular flexibility index (Phi) is 12.2. The minimum absolute atomic E-state index is 0.160. The van der Waals surface area contributed by atoms with Crippen molar-refractivity contribution < 1.29 is 4.74 Å². The van der Waals surface area contributed by atoms with Crippen LogP contribution >= 0.6 is 0 Å². The first-order valence-electron chi connectivity index (χ1n) is 12.1. The van der Waals surface area contributed by atoms with E-state index in [1.807, 2.05) is 34.9 Å². The Hall–Kier alpha value is -2.54. The van der Waals surface area contributed by atoms with Crippen LogP contribution in [0.5, 0.6) is 5.75 Å². The first kappa shape index (κ1) is 24.7. The fraction of sp³-hybridized carbons (Fsp3) is 0.556. The summed E-state index contributed by atoms with van der Waals surface area (Å²) < 4.78 is 7.60. The number of benzene rings is 1. The summed E-state index contributed by atoms with van der Waals surface area (Å²) in [5.74, 6) is 0.160. The molecule has 4 heteroatoms. The van der Waals surface area contributed by atoms with Gasteiger partial charge in [0.2, 0.25) is 11.2 Å². The first-order valence-corrected chi connectivity index (χ1v) is 12.1. The number of aromatic nitrogens is 1. The number of aryl methyl sites for hydroxylation is 1. The van der Waals surface area contributed by atoms with Gasteiger partial charge in [0.15, 0.2) is 5.69 Å². The molecular weight excluding hydrogens is 384 g/mol. The van der Waals surface area contributed by atoms with E-state index in [1.165, 1.54) is 70.3 Å². The van der Waals surface area contributed by atoms with Gasteiger partial charge in [0.1, 0.15) is 12.7 Å². The molecule has 0 N–H and O–H groups in total. The van der Waals surface area contributed by atoms with Gasteiger partial charge in [0, 0.05) is 18.8 Å². The molecule has 2 aromatic rings. The van der Waals surface area contributed by atoms with Gasteiger partial charge in [-0.1, -0.05) is 108 Å². The molecule has 1 heterocycles. The molecule has 168 valence electrons. The molecule has 0 spiro atoms. The van der Waals surface area contributed by atoms with Gasteiger partial charge in [-0.05, 0) is 12.0 Å². The van der Waals surface area contributed by atoms with E-state index in [0.29, 0.717) is 5.69 Å². The molecule has 0 amide bonds. The molecule has 0 atom stereocenters. The van der Waals surface area contributed by atoms with E-state index in [0.717, 1.165) is 24.9 Å². The summed E-state index contributed by atoms with van der Waals surface area (Å²) in [6.45, 7) is 3.28. The minimum atomic E-state index is -0.238. The summed E-state index contributed by atoms with van der Waals surface area (Å²) >= 11 is 0. The van der Waals surface area contributed by atoms with Gasteiger partial charge in [-0.15, -0.1) is 0 Å². The van der Waals surface area contributed by atoms with Crippen LogP contribution in [-0.4, -0.2) is 4.57 Å². The fourth-order valence-electron chi connectivity index (χ4n) is 3.85. The van der Waals surface area contributed by atoms with E-state index >= 15 is 0 Å². The number of hydrogen-bond acceptors (Lipinski definition) is 3. The molecule has 2 rings (SSSR count). The number of hydrogen-bond donors (Lipinski definition) is 0. The maximum Gasteiger partial charge on any atom is 0.224 e. The molecule has 0 aliphatic rings. The minimum Gasteiger partial charge on any atom is -0.482 e. The van der Waals surface area contributed by atoms with Crippen LogP contribution in [-0.2, 0) is 13.2 Å². The Labute approximate surface area is 187 Å². The maximum atomic E-state index is 12.3. The van der Waals surface area contributed by atoms with Crippen LogP contribution in [0.2, 0.25) is 0 Å². The number of nitrogens with zero attached hydrogens (tertiary/aromatic N) is 2. The summed E-state index contributed by atoms with van der Waals surface area (Å²) in [7, 11) is 0. The van der Waals surface area contributed by atoms with E-state index in [2.05, 4.69) is 13.0 Å². The predicted octanol–water partition coefficient (Wildman–Crippen LogP) is 7.00. The summed E-state index contributed by atoms with van der Waals surface area (Å²) in [6.07, 6.45) is 17.3. The Balaban J connectivity index is 1.70. The zero-order valence-corrected chi connectivity index (χ0v) is 19.2. The third-order valence-corrected chi connectivity index (χ3v) is 5.72. The third-order valence-electron chi connectivity index (χ3n) is 5.72. The smallest absolute Gasteiger partial charge is 0.224 e. The van der Waals surface area contributed by atoms with Gasteiger partial charge in [0.25, 0.3) is 0 Å². The molecule has 0 radical (unpaired) electrons. The molecule has 0 fully saturated rings. The van der Waals surface area contributed by atoms with E-state index in [1.54, 1.807) is 6.20 Å². The first-order chi connectivity index (χ1) is 15.3. The molecule has 1 aromatic carbocycles. The molecule has 0 saturated carbocycles. The van der Waals surface area contributed by atoms with Gasteiger partial charge < -0.3 is 9.30 Å². The second-order valence-corrected chi connectivity index (χ2v) is 8.33. The number of unbranched alkanes of at least 4 members (excludes halogenated alkanes) is 11. The molecule has 4 nitrogen and oxygen atoms in total. The molecular formula is C27H38N2O2. The second kappa shape index (κ2) is 15.3. The highest BCUT2D eigenvalue weighted by atomic mass is 16.5. The summed E-state index contributed by atoms with van der Waals surface area (Å²) in [5, 5.41) is 9.62. The van der Waals surface area contributed by atoms with E-state index in [4.69, 9.17) is 4.74 Å². The zero-order chi connectivity index (χ0) is 22.2. The average molecular weight is 423 g/mol. The third kappa shape index (κ3) is 9.42. The van der Waals surface area contributed by atoms with Gasteiger partial charge in [-0.3, -0.25) is 4.79 Å². The second-order valence-electron chi connectivity index (χ2n) is 8.33. The topological polar surface area (TPSA) is 55.0 Å². The lowest BCUT2D eigenvalue weighted by molar-refractivity contribution is 0.298. The van der Waals surface area contributed by atoms with Crippen LogP contribution in [0.3, 0.4) is 0 Å². The van der Waals surface area contributed by atoms with Crippen molar-refractivity contribution in [3.63, 3.8) is 0 Å². The van der Waals surface area contributed by atoms with Gasteiger partial charge >= 0.3 is 0 Å². The Bertz CT molecular complexity index is 837. The van der Waals surface area contributed by atoms with Crippen LogP contribution in [0, 0.1) is 11.3 Å². The van der Waals surface area contributed by atoms with Crippen molar-refractivity contribution in [3.05, 3.63) is 64.1 Å². The van der Waals surface area contributed by atoms with Gasteiger partial charge in [0.05, 0.1) is 0 Å². The highest BCUT2D eigenvalue weighted by Crippen LogP contribution is 2.16. The molecule has 31 heavy (non-hydrogen) atoms. The number of nitriles is 1. The number of rotatable bonds is 16. The van der Waals surface area contributed by atoms with Crippen LogP contribution in [0.4, 0.5) is 0 Å². The van der Waals surface area contributed by atoms with Crippen LogP contribution in [0.1, 0.15) is 95.2 Å². The number of ether oxygens (including phenoxy) is 1. The fourth-order valence-corrected chi connectivity index (χ4v) is 3.85. The normalized spacial score (nSPS) is 10.7. The lowest BCUT2D eigenvalue weighted by atomic mass is 10.1. The standard InChI is InChI=1S/C27H38N2O2/c1-2-3-4-5-6-7-8-9-10-11-12-16-20-29-21-19-26(30)27(25(29)22-28)31-23-24-17-14-13-15-18-24/h13-15,17-19,21H,2-12,16,20,23H2,1H3. The SMILES string of the molecule is CCCCCCCCCCCCCCn1ccc(=O)c(OCc2ccccc2)c1C#N. The van der Waals surface area contributed by atoms with Crippen molar-refractivity contribution in [3.8, 4) is 11.8 Å². The molecule has 0 bridgehead atoms. The summed E-state index contributed by atoms with van der Waals surface area (Å²) in [5.41, 5.74) is 1.06. The van der Waals surface area contributed by atoms with Crippen molar-refractivity contribution in [1.29, 1.82) is 5.26 Å². The van der Waals surface area contributed by atoms with Crippen molar-refractivity contribution in [1.82, 2.24) is 4.57 Å². The van der Waals surface area contributed by atoms with Gasteiger partial charge in [-0.2, -0.15) is 5.26 Å². The Morgan fingerprint density at radius 1 is 0.839 bits per heavy atom. The average Bonchev–Trinajstić information content (AvgIpc) is 2.80. The Morgan fingerprint density at radius 3 is 2.00 bits per heavy atom. The van der Waals surface area contributed by atoms with E-state index in [9.17, 15) is 10.1 Å². The number of pyridine rings is 1. The highest BCUT2D eigenvalue weighted by molar-refractivity contribution is 5.38. The van der Waals surface area contributed by atoms with Crippen LogP contribution in [0.25, 0.3) is 0 Å². The Morgan fingerprint density at radius 2 is 1.42 bits per heavy atom. The van der Waals surface area contributed by atoms with Crippen molar-refractivity contribution in [2.45, 2.75) is 97.1 Å². The summed E-state index contributed by atoms with van der Waals surface area (Å²) in [4.78, 5) is 12.3. The van der Waals surface area contributed by atoms with Crippen molar-refractivity contribution in [2.24, 2.45) is 0 Å². The quantitative estimate of drug-likeness (QED) is 0.274. The summed E-state index contributed by atoms with van der Waals surface area (Å²) in [6, 6.07) is 13.4. The largest absolute Gasteiger partial charge is 0.482 e. The van der Waals surface area contributed by atoms with Crippen LogP contribution < -0.4 is 10.2 Å². The van der Waals surface area contributed by atoms with Crippen LogP contribution in [0.15, 0.2) is 47.4 Å². The van der Waals surface area contributed by atoms with E-state index in [-0.39, 0.29) is 17.8 Å². The van der Waals surface area contributed by atoms with Gasteiger partial charge in [-0.25, -0.2) is 0 Å².